The van der Waals surface area contributed by atoms with Crippen LogP contribution < -0.4 is 5.32 Å². The molecule has 8 heteroatoms. The zero-order chi connectivity index (χ0) is 25.1. The van der Waals surface area contributed by atoms with E-state index in [-0.39, 0.29) is 31.2 Å². The van der Waals surface area contributed by atoms with Crippen LogP contribution in [0.4, 0.5) is 0 Å². The molecule has 0 saturated carbocycles. The zero-order valence-electron chi connectivity index (χ0n) is 19.5. The Hall–Kier alpha value is -3.76. The molecule has 0 atom stereocenters. The Balaban J connectivity index is 0.000000945. The van der Waals surface area contributed by atoms with E-state index >= 15 is 0 Å². The SMILES string of the molecule is C#CCC.C/C=N\N1Cc2cc(-c3cccc(Cl)c3)ccc2C(O)=C1C(=O)NCC(=O)OCC. The fourth-order valence-corrected chi connectivity index (χ4v) is 3.39. The zero-order valence-corrected chi connectivity index (χ0v) is 20.2. The highest BCUT2D eigenvalue weighted by Crippen LogP contribution is 2.34. The number of halogens is 1. The number of aliphatic hydroxyl groups is 1. The number of nitrogens with zero attached hydrogens (tertiary/aromatic N) is 2. The van der Waals surface area contributed by atoms with Gasteiger partial charge in [-0.25, -0.2) is 0 Å². The predicted octanol–water partition coefficient (Wildman–Crippen LogP) is 4.76. The number of amides is 1. The van der Waals surface area contributed by atoms with Crippen molar-refractivity contribution in [1.82, 2.24) is 10.3 Å². The van der Waals surface area contributed by atoms with Crippen LogP contribution in [0.25, 0.3) is 16.9 Å². The first kappa shape index (κ1) is 26.5. The summed E-state index contributed by atoms with van der Waals surface area (Å²) < 4.78 is 4.82. The van der Waals surface area contributed by atoms with Gasteiger partial charge in [0.15, 0.2) is 11.5 Å². The van der Waals surface area contributed by atoms with E-state index in [0.29, 0.717) is 10.6 Å². The van der Waals surface area contributed by atoms with Gasteiger partial charge in [0.25, 0.3) is 5.91 Å². The lowest BCUT2D eigenvalue weighted by Crippen LogP contribution is -2.38. The van der Waals surface area contributed by atoms with Gasteiger partial charge in [-0.1, -0.05) is 42.8 Å². The number of fused-ring (bicyclic) bond motifs is 1. The first-order chi connectivity index (χ1) is 16.4. The van der Waals surface area contributed by atoms with E-state index in [2.05, 4.69) is 16.3 Å². The van der Waals surface area contributed by atoms with Crippen molar-refractivity contribution < 1.29 is 19.4 Å². The summed E-state index contributed by atoms with van der Waals surface area (Å²) in [4.78, 5) is 24.2. The number of esters is 1. The van der Waals surface area contributed by atoms with Gasteiger partial charge in [-0.3, -0.25) is 14.6 Å². The number of hydrogen-bond donors (Lipinski definition) is 2. The molecule has 0 fully saturated rings. The van der Waals surface area contributed by atoms with Gasteiger partial charge in [-0.15, -0.1) is 12.3 Å². The molecule has 0 bridgehead atoms. The molecule has 1 heterocycles. The van der Waals surface area contributed by atoms with Crippen LogP contribution in [0.1, 0.15) is 38.3 Å². The Morgan fingerprint density at radius 1 is 1.26 bits per heavy atom. The molecule has 0 spiro atoms. The molecule has 0 radical (unpaired) electrons. The fraction of sp³-hybridized carbons (Fsp3) is 0.269. The molecular weight excluding hydrogens is 454 g/mol. The minimum atomic E-state index is -0.615. The van der Waals surface area contributed by atoms with Crippen molar-refractivity contribution >= 4 is 35.5 Å². The first-order valence-corrected chi connectivity index (χ1v) is 11.2. The third-order valence-corrected chi connectivity index (χ3v) is 4.93. The number of benzene rings is 2. The van der Waals surface area contributed by atoms with Crippen LogP contribution in [-0.4, -0.2) is 41.4 Å². The number of hydrogen-bond acceptors (Lipinski definition) is 6. The van der Waals surface area contributed by atoms with Crippen LogP contribution in [-0.2, 0) is 20.9 Å². The van der Waals surface area contributed by atoms with Gasteiger partial charge in [0, 0.05) is 23.2 Å². The Labute approximate surface area is 205 Å². The average Bonchev–Trinajstić information content (AvgIpc) is 2.83. The maximum atomic E-state index is 12.7. The van der Waals surface area contributed by atoms with Crippen LogP contribution in [0, 0.1) is 12.3 Å². The van der Waals surface area contributed by atoms with Gasteiger partial charge in [0.05, 0.1) is 13.2 Å². The molecule has 3 rings (SSSR count). The largest absolute Gasteiger partial charge is 0.505 e. The normalized spacial score (nSPS) is 12.4. The minimum absolute atomic E-state index is 0.0274. The summed E-state index contributed by atoms with van der Waals surface area (Å²) in [5.41, 5.74) is 3.18. The van der Waals surface area contributed by atoms with Gasteiger partial charge >= 0.3 is 5.97 Å². The molecule has 1 aliphatic heterocycles. The van der Waals surface area contributed by atoms with Crippen LogP contribution in [0.2, 0.25) is 5.02 Å². The lowest BCUT2D eigenvalue weighted by Gasteiger charge is -2.28. The molecule has 2 N–H and O–H groups in total. The number of aliphatic hydroxyl groups excluding tert-OH is 1. The third kappa shape index (κ3) is 6.87. The summed E-state index contributed by atoms with van der Waals surface area (Å²) in [5, 5.41) is 19.5. The van der Waals surface area contributed by atoms with Crippen molar-refractivity contribution in [3.63, 3.8) is 0 Å². The van der Waals surface area contributed by atoms with Gasteiger partial charge < -0.3 is 15.2 Å². The molecule has 2 aromatic carbocycles. The van der Waals surface area contributed by atoms with Crippen LogP contribution in [0.3, 0.4) is 0 Å². The highest BCUT2D eigenvalue weighted by molar-refractivity contribution is 6.30. The Bertz CT molecular complexity index is 1140. The quantitative estimate of drug-likeness (QED) is 0.352. The third-order valence-electron chi connectivity index (χ3n) is 4.69. The number of terminal acetylenes is 1. The van der Waals surface area contributed by atoms with E-state index in [4.69, 9.17) is 22.8 Å². The monoisotopic (exact) mass is 481 g/mol. The van der Waals surface area contributed by atoms with E-state index in [1.807, 2.05) is 37.3 Å². The van der Waals surface area contributed by atoms with Crippen molar-refractivity contribution in [3.05, 3.63) is 64.3 Å². The highest BCUT2D eigenvalue weighted by atomic mass is 35.5. The summed E-state index contributed by atoms with van der Waals surface area (Å²) in [6, 6.07) is 13.0. The van der Waals surface area contributed by atoms with Crippen LogP contribution in [0.15, 0.2) is 53.3 Å². The lowest BCUT2D eigenvalue weighted by molar-refractivity contribution is -0.143. The Kier molecular flexibility index (Phi) is 10.2. The smallest absolute Gasteiger partial charge is 0.325 e. The molecule has 0 unspecified atom stereocenters. The fourth-order valence-electron chi connectivity index (χ4n) is 3.20. The number of nitrogens with one attached hydrogen (secondary N) is 1. The average molecular weight is 482 g/mol. The van der Waals surface area contributed by atoms with Gasteiger partial charge in [-0.05, 0) is 48.7 Å². The van der Waals surface area contributed by atoms with Crippen molar-refractivity contribution in [2.45, 2.75) is 33.7 Å². The van der Waals surface area contributed by atoms with Gasteiger partial charge in [0.1, 0.15) is 6.54 Å². The molecule has 7 nitrogen and oxygen atoms in total. The van der Waals surface area contributed by atoms with E-state index in [1.165, 1.54) is 11.2 Å². The van der Waals surface area contributed by atoms with Crippen molar-refractivity contribution in [2.24, 2.45) is 5.10 Å². The van der Waals surface area contributed by atoms with E-state index in [0.717, 1.165) is 23.1 Å². The van der Waals surface area contributed by atoms with Crippen LogP contribution in [0.5, 0.6) is 0 Å². The molecule has 2 aromatic rings. The van der Waals surface area contributed by atoms with E-state index < -0.39 is 11.9 Å². The molecule has 34 heavy (non-hydrogen) atoms. The summed E-state index contributed by atoms with van der Waals surface area (Å²) in [7, 11) is 0. The summed E-state index contributed by atoms with van der Waals surface area (Å²) in [5.74, 6) is 1.05. The number of carbonyl (C=O) groups is 2. The first-order valence-electron chi connectivity index (χ1n) is 10.8. The second-order valence-corrected chi connectivity index (χ2v) is 7.49. The lowest BCUT2D eigenvalue weighted by atomic mass is 9.95. The standard InChI is InChI=1S/C22H22ClN3O4.C4H6/c1-3-25-26-13-16-10-15(14-6-5-7-17(23)11-14)8-9-18(16)21(28)20(26)22(29)24-12-19(27)30-4-2;1-3-4-2/h3,5-11,28H,4,12-13H2,1-2H3,(H,24,29);1H,4H2,2H3/b25-3-;. The van der Waals surface area contributed by atoms with E-state index in [9.17, 15) is 14.7 Å². The minimum Gasteiger partial charge on any atom is -0.505 e. The van der Waals surface area contributed by atoms with Crippen molar-refractivity contribution in [3.8, 4) is 23.5 Å². The van der Waals surface area contributed by atoms with Gasteiger partial charge in [-0.2, -0.15) is 5.10 Å². The second-order valence-electron chi connectivity index (χ2n) is 7.06. The summed E-state index contributed by atoms with van der Waals surface area (Å²) in [6.45, 7) is 5.54. The Morgan fingerprint density at radius 2 is 1.97 bits per heavy atom. The molecular formula is C26H28ClN3O4. The van der Waals surface area contributed by atoms with E-state index in [1.54, 1.807) is 26.0 Å². The van der Waals surface area contributed by atoms with Crippen molar-refractivity contribution in [1.29, 1.82) is 0 Å². The number of carbonyl (C=O) groups excluding carboxylic acids is 2. The second kappa shape index (κ2) is 13.1. The molecule has 1 aliphatic rings. The number of rotatable bonds is 6. The molecule has 0 saturated heterocycles. The predicted molar refractivity (Wildman–Crippen MR) is 135 cm³/mol. The summed E-state index contributed by atoms with van der Waals surface area (Å²) in [6.07, 6.45) is 7.15. The topological polar surface area (TPSA) is 91.2 Å². The Morgan fingerprint density at radius 3 is 2.59 bits per heavy atom. The maximum absolute atomic E-state index is 12.7. The highest BCUT2D eigenvalue weighted by Gasteiger charge is 2.30. The molecule has 0 aromatic heterocycles. The molecule has 1 amide bonds. The van der Waals surface area contributed by atoms with Gasteiger partial charge in [0.2, 0.25) is 0 Å². The van der Waals surface area contributed by atoms with Crippen molar-refractivity contribution in [2.75, 3.05) is 13.2 Å². The maximum Gasteiger partial charge on any atom is 0.325 e. The number of ether oxygens (including phenoxy) is 1. The molecule has 0 aliphatic carbocycles. The summed E-state index contributed by atoms with van der Waals surface area (Å²) >= 11 is 6.10. The molecule has 178 valence electrons. The van der Waals surface area contributed by atoms with Crippen LogP contribution >= 0.6 is 11.6 Å². The number of hydrazone groups is 1.